The van der Waals surface area contributed by atoms with Gasteiger partial charge in [0, 0.05) is 50.2 Å². The Balaban J connectivity index is 1.58. The zero-order valence-electron chi connectivity index (χ0n) is 12.8. The lowest BCUT2D eigenvalue weighted by molar-refractivity contribution is -0.132. The van der Waals surface area contributed by atoms with E-state index < -0.39 is 0 Å². The predicted molar refractivity (Wildman–Crippen MR) is 85.5 cm³/mol. The van der Waals surface area contributed by atoms with Gasteiger partial charge in [-0.15, -0.1) is 0 Å². The molecule has 1 saturated heterocycles. The van der Waals surface area contributed by atoms with Gasteiger partial charge >= 0.3 is 0 Å². The average molecular weight is 299 g/mol. The lowest BCUT2D eigenvalue weighted by Crippen LogP contribution is -2.37. The summed E-state index contributed by atoms with van der Waals surface area (Å²) in [6, 6.07) is 7.99. The molecule has 0 atom stereocenters. The van der Waals surface area contributed by atoms with E-state index in [1.54, 1.807) is 11.9 Å². The number of benzene rings is 1. The highest BCUT2D eigenvalue weighted by Crippen LogP contribution is 2.18. The molecule has 0 radical (unpaired) electrons. The Labute approximate surface area is 129 Å². The lowest BCUT2D eigenvalue weighted by atomic mass is 10.1. The van der Waals surface area contributed by atoms with Crippen LogP contribution in [0.25, 0.3) is 10.9 Å². The predicted octanol–water partition coefficient (Wildman–Crippen LogP) is 1.79. The van der Waals surface area contributed by atoms with Gasteiger partial charge in [-0.3, -0.25) is 9.59 Å². The fourth-order valence-electron chi connectivity index (χ4n) is 2.91. The van der Waals surface area contributed by atoms with Gasteiger partial charge in [0.1, 0.15) is 0 Å². The first kappa shape index (κ1) is 14.6. The molecule has 1 aromatic carbocycles. The number of nitrogens with one attached hydrogen (secondary N) is 1. The number of para-hydroxylation sites is 1. The van der Waals surface area contributed by atoms with Gasteiger partial charge in [-0.05, 0) is 18.1 Å². The molecule has 1 aromatic heterocycles. The van der Waals surface area contributed by atoms with Crippen LogP contribution in [-0.2, 0) is 16.0 Å². The average Bonchev–Trinajstić information content (AvgIpc) is 3.12. The number of fused-ring (bicyclic) bond motifs is 1. The minimum atomic E-state index is 0.0800. The Morgan fingerprint density at radius 2 is 2.18 bits per heavy atom. The summed E-state index contributed by atoms with van der Waals surface area (Å²) >= 11 is 0. The third-order valence-electron chi connectivity index (χ3n) is 4.32. The number of rotatable bonds is 5. The quantitative estimate of drug-likeness (QED) is 0.915. The topological polar surface area (TPSA) is 56.4 Å². The van der Waals surface area contributed by atoms with E-state index in [9.17, 15) is 9.59 Å². The van der Waals surface area contributed by atoms with E-state index in [0.29, 0.717) is 25.9 Å². The molecule has 0 spiro atoms. The first-order chi connectivity index (χ1) is 10.6. The number of nitrogens with zero attached hydrogens (tertiary/aromatic N) is 2. The number of hydrogen-bond donors (Lipinski definition) is 1. The Morgan fingerprint density at radius 3 is 2.95 bits per heavy atom. The van der Waals surface area contributed by atoms with Crippen LogP contribution in [0, 0.1) is 0 Å². The minimum absolute atomic E-state index is 0.0800. The van der Waals surface area contributed by atoms with Crippen molar-refractivity contribution in [2.75, 3.05) is 26.7 Å². The van der Waals surface area contributed by atoms with Crippen molar-refractivity contribution in [3.63, 3.8) is 0 Å². The van der Waals surface area contributed by atoms with Gasteiger partial charge < -0.3 is 14.8 Å². The van der Waals surface area contributed by atoms with Crippen molar-refractivity contribution < 1.29 is 9.59 Å². The number of aromatic nitrogens is 1. The van der Waals surface area contributed by atoms with E-state index in [2.05, 4.69) is 4.98 Å². The second-order valence-corrected chi connectivity index (χ2v) is 5.84. The maximum atomic E-state index is 12.3. The van der Waals surface area contributed by atoms with Crippen molar-refractivity contribution in [1.29, 1.82) is 0 Å². The third-order valence-corrected chi connectivity index (χ3v) is 4.32. The van der Waals surface area contributed by atoms with Crippen molar-refractivity contribution in [1.82, 2.24) is 14.8 Å². The molecule has 0 saturated carbocycles. The molecule has 0 unspecified atom stereocenters. The third kappa shape index (κ3) is 2.98. The van der Waals surface area contributed by atoms with Gasteiger partial charge in [0.15, 0.2) is 0 Å². The van der Waals surface area contributed by atoms with Crippen molar-refractivity contribution in [3.8, 4) is 0 Å². The maximum Gasteiger partial charge on any atom is 0.226 e. The van der Waals surface area contributed by atoms with Crippen LogP contribution in [0.15, 0.2) is 30.5 Å². The fraction of sp³-hybridized carbons (Fsp3) is 0.412. The van der Waals surface area contributed by atoms with Crippen LogP contribution in [0.1, 0.15) is 18.4 Å². The van der Waals surface area contributed by atoms with E-state index >= 15 is 0 Å². The van der Waals surface area contributed by atoms with Gasteiger partial charge in [0.05, 0.1) is 6.42 Å². The molecule has 1 fully saturated rings. The van der Waals surface area contributed by atoms with Gasteiger partial charge in [-0.1, -0.05) is 18.2 Å². The first-order valence-electron chi connectivity index (χ1n) is 7.72. The molecular formula is C17H21N3O2. The van der Waals surface area contributed by atoms with E-state index in [0.717, 1.165) is 29.4 Å². The molecule has 116 valence electrons. The molecule has 2 amide bonds. The van der Waals surface area contributed by atoms with Crippen LogP contribution in [0.2, 0.25) is 0 Å². The SMILES string of the molecule is CN(CCN1CCCC1=O)C(=O)Cc1c[nH]c2ccccc12. The number of carbonyl (C=O) groups is 2. The molecule has 1 aliphatic rings. The van der Waals surface area contributed by atoms with E-state index in [1.807, 2.05) is 35.4 Å². The van der Waals surface area contributed by atoms with E-state index in [1.165, 1.54) is 0 Å². The second-order valence-electron chi connectivity index (χ2n) is 5.84. The Hall–Kier alpha value is -2.30. The summed E-state index contributed by atoms with van der Waals surface area (Å²) < 4.78 is 0. The standard InChI is InChI=1S/C17H21N3O2/c1-19(9-10-20-8-4-7-16(20)21)17(22)11-13-12-18-15-6-3-2-5-14(13)15/h2-3,5-6,12,18H,4,7-11H2,1H3. The normalized spacial score (nSPS) is 14.8. The van der Waals surface area contributed by atoms with Gasteiger partial charge in [-0.25, -0.2) is 0 Å². The van der Waals surface area contributed by atoms with Gasteiger partial charge in [0.2, 0.25) is 11.8 Å². The summed E-state index contributed by atoms with van der Waals surface area (Å²) in [7, 11) is 1.80. The highest BCUT2D eigenvalue weighted by atomic mass is 16.2. The van der Waals surface area contributed by atoms with Crippen molar-refractivity contribution in [2.24, 2.45) is 0 Å². The molecule has 0 bridgehead atoms. The zero-order chi connectivity index (χ0) is 15.5. The molecule has 5 heteroatoms. The van der Waals surface area contributed by atoms with Crippen molar-refractivity contribution >= 4 is 22.7 Å². The number of likely N-dealkylation sites (tertiary alicyclic amines) is 1. The van der Waals surface area contributed by atoms with Crippen molar-refractivity contribution in [2.45, 2.75) is 19.3 Å². The largest absolute Gasteiger partial charge is 0.361 e. The molecule has 5 nitrogen and oxygen atoms in total. The molecular weight excluding hydrogens is 278 g/mol. The lowest BCUT2D eigenvalue weighted by Gasteiger charge is -2.21. The highest BCUT2D eigenvalue weighted by molar-refractivity contribution is 5.88. The van der Waals surface area contributed by atoms with Gasteiger partial charge in [-0.2, -0.15) is 0 Å². The summed E-state index contributed by atoms with van der Waals surface area (Å²) in [5.41, 5.74) is 2.07. The van der Waals surface area contributed by atoms with E-state index in [-0.39, 0.29) is 11.8 Å². The Kier molecular flexibility index (Phi) is 4.13. The summed E-state index contributed by atoms with van der Waals surface area (Å²) in [4.78, 5) is 30.7. The molecule has 2 aromatic rings. The number of amides is 2. The van der Waals surface area contributed by atoms with Crippen LogP contribution >= 0.6 is 0 Å². The molecule has 22 heavy (non-hydrogen) atoms. The Bertz CT molecular complexity index is 692. The van der Waals surface area contributed by atoms with Crippen molar-refractivity contribution in [3.05, 3.63) is 36.0 Å². The number of aromatic amines is 1. The minimum Gasteiger partial charge on any atom is -0.361 e. The van der Waals surface area contributed by atoms with Crippen LogP contribution in [0.3, 0.4) is 0 Å². The number of likely N-dealkylation sites (N-methyl/N-ethyl adjacent to an activating group) is 1. The maximum absolute atomic E-state index is 12.3. The number of hydrogen-bond acceptors (Lipinski definition) is 2. The highest BCUT2D eigenvalue weighted by Gasteiger charge is 2.21. The first-order valence-corrected chi connectivity index (χ1v) is 7.72. The molecule has 1 aliphatic heterocycles. The summed E-state index contributed by atoms with van der Waals surface area (Å²) in [5, 5.41) is 1.10. The van der Waals surface area contributed by atoms with Crippen LogP contribution in [-0.4, -0.2) is 53.3 Å². The summed E-state index contributed by atoms with van der Waals surface area (Å²) in [6.07, 6.45) is 3.87. The van der Waals surface area contributed by atoms with Gasteiger partial charge in [0.25, 0.3) is 0 Å². The number of carbonyl (C=O) groups excluding carboxylic acids is 2. The van der Waals surface area contributed by atoms with Crippen LogP contribution in [0.4, 0.5) is 0 Å². The zero-order valence-corrected chi connectivity index (χ0v) is 12.8. The van der Waals surface area contributed by atoms with E-state index in [4.69, 9.17) is 0 Å². The Morgan fingerprint density at radius 1 is 1.36 bits per heavy atom. The second kappa shape index (κ2) is 6.22. The summed E-state index contributed by atoms with van der Waals surface area (Å²) in [5.74, 6) is 0.286. The van der Waals surface area contributed by atoms with Crippen LogP contribution < -0.4 is 0 Å². The summed E-state index contributed by atoms with van der Waals surface area (Å²) in [6.45, 7) is 2.05. The molecule has 0 aliphatic carbocycles. The fourth-order valence-corrected chi connectivity index (χ4v) is 2.91. The van der Waals surface area contributed by atoms with Crippen LogP contribution in [0.5, 0.6) is 0 Å². The molecule has 1 N–H and O–H groups in total. The molecule has 2 heterocycles. The number of H-pyrrole nitrogens is 1. The monoisotopic (exact) mass is 299 g/mol. The smallest absolute Gasteiger partial charge is 0.226 e. The molecule has 3 rings (SSSR count).